The van der Waals surface area contributed by atoms with Crippen molar-refractivity contribution in [1.82, 2.24) is 19.5 Å². The van der Waals surface area contributed by atoms with Crippen LogP contribution in [0.4, 0.5) is 17.1 Å². The van der Waals surface area contributed by atoms with E-state index in [0.717, 1.165) is 50.6 Å². The molecule has 0 bridgehead atoms. The van der Waals surface area contributed by atoms with Crippen LogP contribution < -0.4 is 4.90 Å². The summed E-state index contributed by atoms with van der Waals surface area (Å²) in [5, 5.41) is 2.42. The maximum atomic E-state index is 4.73. The molecule has 0 saturated carbocycles. The van der Waals surface area contributed by atoms with Crippen molar-refractivity contribution in [2.24, 2.45) is 0 Å². The molecule has 5 nitrogen and oxygen atoms in total. The number of pyridine rings is 1. The number of fused-ring (bicyclic) bond motifs is 4. The average Bonchev–Trinajstić information content (AvgIpc) is 3.39. The molecule has 0 amide bonds. The number of aromatic nitrogens is 4. The van der Waals surface area contributed by atoms with Crippen molar-refractivity contribution in [3.63, 3.8) is 0 Å². The number of hydrogen-bond donors (Lipinski definition) is 0. The molecular weight excluding hydrogens is 514 g/mol. The Hall–Kier alpha value is -5.81. The zero-order valence-electron chi connectivity index (χ0n) is 22.7. The molecule has 0 spiro atoms. The van der Waals surface area contributed by atoms with Crippen molar-refractivity contribution in [2.45, 2.75) is 0 Å². The van der Waals surface area contributed by atoms with Gasteiger partial charge in [0.15, 0.2) is 5.65 Å². The highest BCUT2D eigenvalue weighted by Gasteiger charge is 2.17. The predicted octanol–water partition coefficient (Wildman–Crippen LogP) is 9.26. The zero-order valence-corrected chi connectivity index (χ0v) is 22.7. The van der Waals surface area contributed by atoms with Gasteiger partial charge in [0.25, 0.3) is 0 Å². The first kappa shape index (κ1) is 24.0. The van der Waals surface area contributed by atoms with Gasteiger partial charge in [0.1, 0.15) is 5.52 Å². The highest BCUT2D eigenvalue weighted by atomic mass is 15.1. The van der Waals surface area contributed by atoms with Crippen LogP contribution in [-0.2, 0) is 0 Å². The molecule has 3 aromatic heterocycles. The minimum absolute atomic E-state index is 0.650. The van der Waals surface area contributed by atoms with Crippen LogP contribution in [0.3, 0.4) is 0 Å². The van der Waals surface area contributed by atoms with Gasteiger partial charge in [-0.05, 0) is 72.8 Å². The Labute approximate surface area is 243 Å². The van der Waals surface area contributed by atoms with Crippen molar-refractivity contribution in [3.8, 4) is 16.9 Å². The van der Waals surface area contributed by atoms with Gasteiger partial charge in [-0.3, -0.25) is 4.98 Å². The van der Waals surface area contributed by atoms with E-state index in [2.05, 4.69) is 147 Å². The van der Waals surface area contributed by atoms with Crippen molar-refractivity contribution in [2.75, 3.05) is 4.90 Å². The SMILES string of the molecule is c1ccc(N(c2ccccc2)c2ccc3c(c2)c2ccccc2n3-c2ccc(-c3cnc4cccnc4n3)cc2)cc1. The molecule has 3 heterocycles. The largest absolute Gasteiger partial charge is 0.310 e. The van der Waals surface area contributed by atoms with Gasteiger partial charge in [0.2, 0.25) is 0 Å². The van der Waals surface area contributed by atoms with Crippen LogP contribution in [0.1, 0.15) is 0 Å². The molecule has 198 valence electrons. The molecule has 0 unspecified atom stereocenters. The van der Waals surface area contributed by atoms with Crippen molar-refractivity contribution in [1.29, 1.82) is 0 Å². The minimum Gasteiger partial charge on any atom is -0.310 e. The van der Waals surface area contributed by atoms with Crippen LogP contribution in [0.5, 0.6) is 0 Å². The van der Waals surface area contributed by atoms with E-state index < -0.39 is 0 Å². The highest BCUT2D eigenvalue weighted by molar-refractivity contribution is 6.10. The Bertz CT molecular complexity index is 2150. The van der Waals surface area contributed by atoms with Crippen molar-refractivity contribution < 1.29 is 0 Å². The van der Waals surface area contributed by atoms with Gasteiger partial charge in [-0.15, -0.1) is 0 Å². The van der Waals surface area contributed by atoms with Crippen LogP contribution in [0, 0.1) is 0 Å². The summed E-state index contributed by atoms with van der Waals surface area (Å²) in [6, 6.07) is 48.7. The van der Waals surface area contributed by atoms with Gasteiger partial charge < -0.3 is 9.47 Å². The van der Waals surface area contributed by atoms with Crippen molar-refractivity contribution in [3.05, 3.63) is 152 Å². The first-order valence-corrected chi connectivity index (χ1v) is 14.0. The van der Waals surface area contributed by atoms with Crippen LogP contribution in [0.25, 0.3) is 49.9 Å². The Kier molecular flexibility index (Phi) is 5.71. The van der Waals surface area contributed by atoms with E-state index in [1.807, 2.05) is 18.3 Å². The number of nitrogens with zero attached hydrogens (tertiary/aromatic N) is 5. The summed E-state index contributed by atoms with van der Waals surface area (Å²) in [6.45, 7) is 0. The Morgan fingerprint density at radius 3 is 1.98 bits per heavy atom. The van der Waals surface area contributed by atoms with E-state index in [0.29, 0.717) is 5.65 Å². The Morgan fingerprint density at radius 2 is 1.21 bits per heavy atom. The van der Waals surface area contributed by atoms with Crippen LogP contribution in [0.15, 0.2) is 152 Å². The second-order valence-corrected chi connectivity index (χ2v) is 10.2. The van der Waals surface area contributed by atoms with E-state index >= 15 is 0 Å². The monoisotopic (exact) mass is 539 g/mol. The van der Waals surface area contributed by atoms with Gasteiger partial charge in [-0.25, -0.2) is 9.97 Å². The molecule has 0 fully saturated rings. The molecule has 0 N–H and O–H groups in total. The molecule has 42 heavy (non-hydrogen) atoms. The van der Waals surface area contributed by atoms with E-state index in [1.54, 1.807) is 6.20 Å². The smallest absolute Gasteiger partial charge is 0.178 e. The normalized spacial score (nSPS) is 11.3. The minimum atomic E-state index is 0.650. The summed E-state index contributed by atoms with van der Waals surface area (Å²) in [4.78, 5) is 15.9. The zero-order chi connectivity index (χ0) is 27.9. The number of hydrogen-bond acceptors (Lipinski definition) is 4. The topological polar surface area (TPSA) is 46.8 Å². The second-order valence-electron chi connectivity index (χ2n) is 10.2. The molecule has 0 saturated heterocycles. The third-order valence-electron chi connectivity index (χ3n) is 7.68. The highest BCUT2D eigenvalue weighted by Crippen LogP contribution is 2.39. The maximum absolute atomic E-state index is 4.73. The average molecular weight is 540 g/mol. The number of anilines is 3. The van der Waals surface area contributed by atoms with Crippen LogP contribution in [0.2, 0.25) is 0 Å². The van der Waals surface area contributed by atoms with Gasteiger partial charge in [0.05, 0.1) is 22.9 Å². The molecule has 0 aliphatic carbocycles. The quantitative estimate of drug-likeness (QED) is 0.219. The van der Waals surface area contributed by atoms with E-state index in [1.165, 1.54) is 10.8 Å². The first-order valence-electron chi connectivity index (χ1n) is 14.0. The summed E-state index contributed by atoms with van der Waals surface area (Å²) in [6.07, 6.45) is 3.56. The third-order valence-corrected chi connectivity index (χ3v) is 7.68. The van der Waals surface area contributed by atoms with Crippen LogP contribution >= 0.6 is 0 Å². The summed E-state index contributed by atoms with van der Waals surface area (Å²) in [5.74, 6) is 0. The summed E-state index contributed by atoms with van der Waals surface area (Å²) in [5.41, 5.74) is 10.0. The fraction of sp³-hybridized carbons (Fsp3) is 0. The molecule has 0 aliphatic rings. The molecule has 5 heteroatoms. The maximum Gasteiger partial charge on any atom is 0.178 e. The van der Waals surface area contributed by atoms with Crippen LogP contribution in [-0.4, -0.2) is 19.5 Å². The lowest BCUT2D eigenvalue weighted by molar-refractivity contribution is 1.18. The predicted molar refractivity (Wildman–Crippen MR) is 172 cm³/mol. The summed E-state index contributed by atoms with van der Waals surface area (Å²) >= 11 is 0. The summed E-state index contributed by atoms with van der Waals surface area (Å²) in [7, 11) is 0. The van der Waals surface area contributed by atoms with E-state index in [4.69, 9.17) is 4.98 Å². The van der Waals surface area contributed by atoms with E-state index in [-0.39, 0.29) is 0 Å². The summed E-state index contributed by atoms with van der Waals surface area (Å²) < 4.78 is 2.33. The van der Waals surface area contributed by atoms with E-state index in [9.17, 15) is 0 Å². The molecule has 8 aromatic rings. The number of benzene rings is 5. The van der Waals surface area contributed by atoms with Crippen molar-refractivity contribution >= 4 is 50.0 Å². The fourth-order valence-electron chi connectivity index (χ4n) is 5.75. The van der Waals surface area contributed by atoms with Gasteiger partial charge in [0, 0.05) is 45.3 Å². The number of rotatable bonds is 5. The number of para-hydroxylation sites is 3. The third kappa shape index (κ3) is 4.07. The molecule has 5 aromatic carbocycles. The van der Waals surface area contributed by atoms with Gasteiger partial charge >= 0.3 is 0 Å². The van der Waals surface area contributed by atoms with Gasteiger partial charge in [-0.2, -0.15) is 0 Å². The Balaban J connectivity index is 1.26. The fourth-order valence-corrected chi connectivity index (χ4v) is 5.75. The Morgan fingerprint density at radius 1 is 0.524 bits per heavy atom. The first-order chi connectivity index (χ1) is 20.8. The molecule has 0 radical (unpaired) electrons. The lowest BCUT2D eigenvalue weighted by atomic mass is 10.1. The molecule has 8 rings (SSSR count). The molecule has 0 aliphatic heterocycles. The lowest BCUT2D eigenvalue weighted by Crippen LogP contribution is -2.09. The van der Waals surface area contributed by atoms with Gasteiger partial charge in [-0.1, -0.05) is 66.7 Å². The molecule has 0 atom stereocenters. The standard InChI is InChI=1S/C37H25N5/c1-3-10-27(11-4-1)41(28-12-5-2-6-13-28)30-21-22-36-32(24-30)31-14-7-8-16-35(31)42(36)29-19-17-26(18-20-29)34-25-39-33-15-9-23-38-37(33)40-34/h1-25H. The molecular formula is C37H25N5. The second kappa shape index (κ2) is 9.98. The lowest BCUT2D eigenvalue weighted by Gasteiger charge is -2.25.